The maximum atomic E-state index is 11.8. The van der Waals surface area contributed by atoms with Crippen LogP contribution in [0.4, 0.5) is 11.4 Å². The van der Waals surface area contributed by atoms with Gasteiger partial charge in [-0.05, 0) is 18.2 Å². The molecule has 4 aromatic carbocycles. The fourth-order valence-corrected chi connectivity index (χ4v) is 5.20. The molecule has 2 aliphatic heterocycles. The molecule has 8 rings (SSSR count). The molecule has 0 spiro atoms. The van der Waals surface area contributed by atoms with E-state index in [1.807, 2.05) is 97.1 Å². The Hall–Kier alpha value is -5.21. The first-order valence-electron chi connectivity index (χ1n) is 12.3. The summed E-state index contributed by atoms with van der Waals surface area (Å²) >= 11 is 0. The number of hydrogen-bond acceptors (Lipinski definition) is 6. The van der Waals surface area contributed by atoms with E-state index in [1.54, 1.807) is 0 Å². The van der Waals surface area contributed by atoms with Crippen LogP contribution >= 0.6 is 0 Å². The van der Waals surface area contributed by atoms with Crippen LogP contribution in [0.2, 0.25) is 0 Å². The van der Waals surface area contributed by atoms with Crippen LogP contribution in [0.3, 0.4) is 0 Å². The SMILES string of the molecule is O[C@@]12N=C(N=c3[nH]c(c4ccccc34)=Nc3cccc(c3)N=c3[nH]c(c4ccccc34)=N1)c1ccccc12. The van der Waals surface area contributed by atoms with Crippen LogP contribution in [0.25, 0.3) is 21.5 Å². The predicted molar refractivity (Wildman–Crippen MR) is 144 cm³/mol. The maximum absolute atomic E-state index is 11.8. The van der Waals surface area contributed by atoms with Crippen molar-refractivity contribution in [1.29, 1.82) is 0 Å². The molecule has 8 nitrogen and oxygen atoms in total. The molecule has 180 valence electrons. The van der Waals surface area contributed by atoms with E-state index >= 15 is 0 Å². The fourth-order valence-electron chi connectivity index (χ4n) is 5.20. The summed E-state index contributed by atoms with van der Waals surface area (Å²) in [6.07, 6.45) is 0. The molecule has 4 heterocycles. The lowest BCUT2D eigenvalue weighted by Crippen LogP contribution is -2.23. The summed E-state index contributed by atoms with van der Waals surface area (Å²) in [5, 5.41) is 15.4. The third-order valence-electron chi connectivity index (χ3n) is 6.94. The minimum Gasteiger partial charge on any atom is -0.347 e. The lowest BCUT2D eigenvalue weighted by atomic mass is 10.1. The molecule has 0 amide bonds. The van der Waals surface area contributed by atoms with Gasteiger partial charge in [0.15, 0.2) is 5.84 Å². The van der Waals surface area contributed by atoms with Gasteiger partial charge in [0, 0.05) is 32.7 Å². The molecule has 2 aromatic heterocycles. The Morgan fingerprint density at radius 3 is 1.71 bits per heavy atom. The molecule has 8 bridgehead atoms. The van der Waals surface area contributed by atoms with Crippen molar-refractivity contribution in [2.45, 2.75) is 5.85 Å². The highest BCUT2D eigenvalue weighted by atomic mass is 16.3. The molecule has 0 aliphatic carbocycles. The third-order valence-corrected chi connectivity index (χ3v) is 6.94. The van der Waals surface area contributed by atoms with Gasteiger partial charge in [0.1, 0.15) is 22.0 Å². The van der Waals surface area contributed by atoms with Gasteiger partial charge in [-0.3, -0.25) is 0 Å². The lowest BCUT2D eigenvalue weighted by Gasteiger charge is -2.14. The standard InChI is InChI=1S/C30H19N7O/c38-30-24-15-6-5-14-23(24)29(37-30)35-27-20-11-2-1-10-19(20)25(33-27)31-17-8-7-9-18(16-17)32-26-21-12-3-4-13-22(21)28(34-26)36-30/h1-16,38H,(H,32,34,36)(H,31,33,35,37)/t30-/m1/s1. The number of H-pyrrole nitrogens is 2. The summed E-state index contributed by atoms with van der Waals surface area (Å²) in [6, 6.07) is 31.0. The molecule has 2 aliphatic rings. The Morgan fingerprint density at radius 2 is 1.05 bits per heavy atom. The zero-order chi connectivity index (χ0) is 25.3. The van der Waals surface area contributed by atoms with E-state index in [0.717, 1.165) is 32.9 Å². The number of fused-ring (bicyclic) bond motifs is 16. The molecule has 1 atom stereocenters. The Labute approximate surface area is 214 Å². The Balaban J connectivity index is 1.55. The zero-order valence-corrected chi connectivity index (χ0v) is 19.9. The van der Waals surface area contributed by atoms with Crippen LogP contribution in [0.1, 0.15) is 11.1 Å². The second-order valence-electron chi connectivity index (χ2n) is 9.32. The van der Waals surface area contributed by atoms with Crippen molar-refractivity contribution in [2.75, 3.05) is 0 Å². The van der Waals surface area contributed by atoms with Gasteiger partial charge in [-0.25, -0.2) is 25.0 Å². The average Bonchev–Trinajstić information content (AvgIpc) is 3.55. The van der Waals surface area contributed by atoms with Gasteiger partial charge in [0.05, 0.1) is 11.4 Å². The summed E-state index contributed by atoms with van der Waals surface area (Å²) in [4.78, 5) is 30.8. The maximum Gasteiger partial charge on any atom is 0.286 e. The monoisotopic (exact) mass is 493 g/mol. The van der Waals surface area contributed by atoms with Crippen LogP contribution in [0.5, 0.6) is 0 Å². The Morgan fingerprint density at radius 1 is 0.526 bits per heavy atom. The van der Waals surface area contributed by atoms with Crippen molar-refractivity contribution in [1.82, 2.24) is 9.97 Å². The van der Waals surface area contributed by atoms with E-state index in [-0.39, 0.29) is 0 Å². The molecule has 6 aromatic rings. The highest BCUT2D eigenvalue weighted by Crippen LogP contribution is 2.34. The number of benzene rings is 4. The van der Waals surface area contributed by atoms with Gasteiger partial charge < -0.3 is 15.1 Å². The largest absolute Gasteiger partial charge is 0.347 e. The summed E-state index contributed by atoms with van der Waals surface area (Å²) < 4.78 is 0. The summed E-state index contributed by atoms with van der Waals surface area (Å²) in [5.74, 6) is -1.47. The summed E-state index contributed by atoms with van der Waals surface area (Å²) in [6.45, 7) is 0. The van der Waals surface area contributed by atoms with Crippen molar-refractivity contribution in [2.24, 2.45) is 25.0 Å². The van der Waals surface area contributed by atoms with Gasteiger partial charge in [-0.1, -0.05) is 78.9 Å². The quantitative estimate of drug-likeness (QED) is 0.296. The number of aromatic nitrogens is 2. The van der Waals surface area contributed by atoms with Crippen molar-refractivity contribution in [3.63, 3.8) is 0 Å². The Kier molecular flexibility index (Phi) is 4.21. The van der Waals surface area contributed by atoms with Crippen LogP contribution < -0.4 is 22.0 Å². The highest BCUT2D eigenvalue weighted by molar-refractivity contribution is 6.04. The van der Waals surface area contributed by atoms with Crippen LogP contribution in [0.15, 0.2) is 122 Å². The Bertz CT molecular complexity index is 2220. The minimum atomic E-state index is -1.85. The molecular formula is C30H19N7O. The average molecular weight is 494 g/mol. The molecule has 0 unspecified atom stereocenters. The van der Waals surface area contributed by atoms with Crippen LogP contribution in [0, 0.1) is 0 Å². The summed E-state index contributed by atoms with van der Waals surface area (Å²) in [7, 11) is 0. The van der Waals surface area contributed by atoms with E-state index in [2.05, 4.69) is 15.0 Å². The normalized spacial score (nSPS) is 17.7. The van der Waals surface area contributed by atoms with Crippen molar-refractivity contribution in [3.8, 4) is 0 Å². The number of aliphatic imine (C=N–C) groups is 1. The van der Waals surface area contributed by atoms with E-state index in [0.29, 0.717) is 38.9 Å². The number of aromatic amines is 2. The minimum absolute atomic E-state index is 0.389. The van der Waals surface area contributed by atoms with E-state index in [4.69, 9.17) is 20.0 Å². The van der Waals surface area contributed by atoms with Crippen molar-refractivity contribution < 1.29 is 5.11 Å². The predicted octanol–water partition coefficient (Wildman–Crippen LogP) is 3.37. The summed E-state index contributed by atoms with van der Waals surface area (Å²) in [5.41, 5.74) is 5.20. The second-order valence-corrected chi connectivity index (χ2v) is 9.32. The fraction of sp³-hybridized carbons (Fsp3) is 0.0333. The number of nitrogens with one attached hydrogen (secondary N) is 2. The second kappa shape index (κ2) is 7.64. The van der Waals surface area contributed by atoms with Gasteiger partial charge in [-0.2, -0.15) is 0 Å². The van der Waals surface area contributed by atoms with Gasteiger partial charge in [-0.15, -0.1) is 0 Å². The van der Waals surface area contributed by atoms with Gasteiger partial charge in [0.2, 0.25) is 0 Å². The molecular weight excluding hydrogens is 474 g/mol. The third kappa shape index (κ3) is 3.11. The van der Waals surface area contributed by atoms with Gasteiger partial charge >= 0.3 is 0 Å². The van der Waals surface area contributed by atoms with E-state index in [9.17, 15) is 5.11 Å². The smallest absolute Gasteiger partial charge is 0.286 e. The van der Waals surface area contributed by atoms with E-state index < -0.39 is 5.85 Å². The number of rotatable bonds is 0. The number of aliphatic hydroxyl groups is 1. The number of nitrogens with zero attached hydrogens (tertiary/aromatic N) is 5. The molecule has 0 radical (unpaired) electrons. The van der Waals surface area contributed by atoms with E-state index in [1.165, 1.54) is 0 Å². The van der Waals surface area contributed by atoms with Gasteiger partial charge in [0.25, 0.3) is 5.85 Å². The molecule has 8 heteroatoms. The first-order chi connectivity index (χ1) is 18.6. The number of amidine groups is 1. The first kappa shape index (κ1) is 20.9. The van der Waals surface area contributed by atoms with Crippen LogP contribution in [-0.2, 0) is 5.85 Å². The first-order valence-corrected chi connectivity index (χ1v) is 12.3. The number of hydrogen-bond donors (Lipinski definition) is 3. The lowest BCUT2D eigenvalue weighted by molar-refractivity contribution is 0.0556. The van der Waals surface area contributed by atoms with Crippen LogP contribution in [-0.4, -0.2) is 20.9 Å². The molecule has 38 heavy (non-hydrogen) atoms. The molecule has 0 saturated heterocycles. The zero-order valence-electron chi connectivity index (χ0n) is 19.9. The van der Waals surface area contributed by atoms with Crippen molar-refractivity contribution in [3.05, 3.63) is 130 Å². The topological polar surface area (TPSA) is 114 Å². The molecule has 0 fully saturated rings. The molecule has 3 N–H and O–H groups in total. The highest BCUT2D eigenvalue weighted by Gasteiger charge is 2.38. The van der Waals surface area contributed by atoms with Crippen molar-refractivity contribution >= 4 is 38.8 Å². The molecule has 0 saturated carbocycles.